The van der Waals surface area contributed by atoms with Crippen molar-refractivity contribution < 1.29 is 0 Å². The summed E-state index contributed by atoms with van der Waals surface area (Å²) in [6.45, 7) is 2.99. The van der Waals surface area contributed by atoms with E-state index in [0.29, 0.717) is 5.92 Å². The van der Waals surface area contributed by atoms with E-state index in [4.69, 9.17) is 0 Å². The van der Waals surface area contributed by atoms with Gasteiger partial charge in [0.1, 0.15) is 5.52 Å². The number of aryl methyl sites for hydroxylation is 1. The summed E-state index contributed by atoms with van der Waals surface area (Å²) >= 11 is 0. The smallest absolute Gasteiger partial charge is 0.275 e. The lowest BCUT2D eigenvalue weighted by Gasteiger charge is -2.19. The lowest BCUT2D eigenvalue weighted by atomic mass is 9.95. The van der Waals surface area contributed by atoms with E-state index in [1.165, 1.54) is 35.0 Å². The van der Waals surface area contributed by atoms with Crippen LogP contribution in [0.15, 0.2) is 59.4 Å². The van der Waals surface area contributed by atoms with Crippen molar-refractivity contribution in [2.24, 2.45) is 7.05 Å². The molecule has 5 rings (SSSR count). The summed E-state index contributed by atoms with van der Waals surface area (Å²) < 4.78 is 4.20. The highest BCUT2D eigenvalue weighted by Gasteiger charge is 2.33. The highest BCUT2D eigenvalue weighted by molar-refractivity contribution is 6.15. The molecule has 0 spiro atoms. The van der Waals surface area contributed by atoms with Crippen LogP contribution in [0.25, 0.3) is 32.9 Å². The molecule has 2 aromatic carbocycles. The van der Waals surface area contributed by atoms with Crippen molar-refractivity contribution in [2.75, 3.05) is 0 Å². The predicted molar refractivity (Wildman–Crippen MR) is 117 cm³/mol. The molecule has 0 saturated heterocycles. The largest absolute Gasteiger partial charge is 0.339 e. The maximum Gasteiger partial charge on any atom is 0.275 e. The molecule has 0 amide bonds. The molecule has 0 aliphatic heterocycles. The van der Waals surface area contributed by atoms with E-state index in [9.17, 15) is 4.79 Å². The van der Waals surface area contributed by atoms with Crippen LogP contribution < -0.4 is 5.56 Å². The summed E-state index contributed by atoms with van der Waals surface area (Å²) in [5.41, 5.74) is 5.88. The first kappa shape index (κ1) is 17.3. The standard InChI is InChI=1S/C25H26N2O/c1-3-4-16-27-23(18-14-15-18)21(17-10-6-5-7-11-17)22-19-12-8-9-13-20(19)26(2)24(22)25(27)28/h5-13,18H,3-4,14-16H2,1-2H3. The molecule has 1 fully saturated rings. The van der Waals surface area contributed by atoms with Crippen LogP contribution in [0.4, 0.5) is 0 Å². The van der Waals surface area contributed by atoms with Gasteiger partial charge in [0.15, 0.2) is 0 Å². The third kappa shape index (κ3) is 2.53. The maximum atomic E-state index is 13.7. The van der Waals surface area contributed by atoms with Crippen LogP contribution in [0.2, 0.25) is 0 Å². The van der Waals surface area contributed by atoms with Crippen LogP contribution in [0.5, 0.6) is 0 Å². The summed E-state index contributed by atoms with van der Waals surface area (Å²) in [5, 5.41) is 2.31. The number of para-hydroxylation sites is 1. The van der Waals surface area contributed by atoms with Gasteiger partial charge in [-0.15, -0.1) is 0 Å². The van der Waals surface area contributed by atoms with E-state index >= 15 is 0 Å². The molecule has 1 saturated carbocycles. The lowest BCUT2D eigenvalue weighted by Crippen LogP contribution is -2.26. The zero-order valence-corrected chi connectivity index (χ0v) is 16.6. The van der Waals surface area contributed by atoms with Gasteiger partial charge in [-0.3, -0.25) is 4.79 Å². The fraction of sp³-hybridized carbons (Fsp3) is 0.320. The van der Waals surface area contributed by atoms with Crippen LogP contribution in [-0.4, -0.2) is 9.13 Å². The number of pyridine rings is 1. The molecule has 0 unspecified atom stereocenters. The Morgan fingerprint density at radius 3 is 2.43 bits per heavy atom. The van der Waals surface area contributed by atoms with Crippen LogP contribution >= 0.6 is 0 Å². The van der Waals surface area contributed by atoms with Crippen LogP contribution in [0.1, 0.15) is 44.2 Å². The van der Waals surface area contributed by atoms with Crippen molar-refractivity contribution in [1.82, 2.24) is 9.13 Å². The Hall–Kier alpha value is -2.81. The third-order valence-corrected chi connectivity index (χ3v) is 6.11. The summed E-state index contributed by atoms with van der Waals surface area (Å²) in [7, 11) is 2.03. The van der Waals surface area contributed by atoms with Crippen molar-refractivity contribution in [3.05, 3.63) is 70.6 Å². The van der Waals surface area contributed by atoms with Crippen LogP contribution in [-0.2, 0) is 13.6 Å². The molecule has 0 bridgehead atoms. The molecule has 2 aromatic heterocycles. The third-order valence-electron chi connectivity index (χ3n) is 6.11. The second-order valence-electron chi connectivity index (χ2n) is 8.01. The molecule has 1 aliphatic carbocycles. The van der Waals surface area contributed by atoms with Gasteiger partial charge < -0.3 is 9.13 Å². The minimum atomic E-state index is 0.170. The van der Waals surface area contributed by atoms with E-state index in [1.807, 2.05) is 7.05 Å². The lowest BCUT2D eigenvalue weighted by molar-refractivity contribution is 0.591. The van der Waals surface area contributed by atoms with Crippen molar-refractivity contribution in [3.8, 4) is 11.1 Å². The van der Waals surface area contributed by atoms with Crippen LogP contribution in [0.3, 0.4) is 0 Å². The number of nitrogens with zero attached hydrogens (tertiary/aromatic N) is 2. The first-order valence-electron chi connectivity index (χ1n) is 10.4. The average Bonchev–Trinajstić information content (AvgIpc) is 3.53. The van der Waals surface area contributed by atoms with Gasteiger partial charge in [0.05, 0.1) is 0 Å². The van der Waals surface area contributed by atoms with Crippen molar-refractivity contribution in [2.45, 2.75) is 45.1 Å². The fourth-order valence-corrected chi connectivity index (χ4v) is 4.61. The normalized spacial score (nSPS) is 14.2. The van der Waals surface area contributed by atoms with Gasteiger partial charge in [-0.2, -0.15) is 0 Å². The number of fused-ring (bicyclic) bond motifs is 3. The van der Waals surface area contributed by atoms with E-state index in [-0.39, 0.29) is 5.56 Å². The molecular formula is C25H26N2O. The number of rotatable bonds is 5. The highest BCUT2D eigenvalue weighted by Crippen LogP contribution is 2.47. The Morgan fingerprint density at radius 2 is 1.71 bits per heavy atom. The number of aromatic nitrogens is 2. The Labute approximate surface area is 165 Å². The van der Waals surface area contributed by atoms with E-state index in [1.54, 1.807) is 0 Å². The zero-order valence-electron chi connectivity index (χ0n) is 16.6. The van der Waals surface area contributed by atoms with E-state index in [2.05, 4.69) is 70.7 Å². The van der Waals surface area contributed by atoms with Gasteiger partial charge in [-0.1, -0.05) is 61.9 Å². The molecule has 0 radical (unpaired) electrons. The predicted octanol–water partition coefficient (Wildman–Crippen LogP) is 5.84. The molecule has 2 heterocycles. The molecule has 4 aromatic rings. The molecule has 28 heavy (non-hydrogen) atoms. The van der Waals surface area contributed by atoms with Gasteiger partial charge in [-0.25, -0.2) is 0 Å². The Morgan fingerprint density at radius 1 is 1.00 bits per heavy atom. The van der Waals surface area contributed by atoms with Gasteiger partial charge in [0, 0.05) is 47.1 Å². The minimum absolute atomic E-state index is 0.170. The number of hydrogen-bond acceptors (Lipinski definition) is 1. The monoisotopic (exact) mass is 370 g/mol. The number of unbranched alkanes of at least 4 members (excludes halogenated alkanes) is 1. The fourth-order valence-electron chi connectivity index (χ4n) is 4.61. The van der Waals surface area contributed by atoms with Crippen molar-refractivity contribution >= 4 is 21.8 Å². The SMILES string of the molecule is CCCCn1c(C2CC2)c(-c2ccccc2)c2c3ccccc3n(C)c2c1=O. The minimum Gasteiger partial charge on any atom is -0.339 e. The Kier molecular flexibility index (Phi) is 4.12. The summed E-state index contributed by atoms with van der Waals surface area (Å²) in [5.74, 6) is 0.503. The summed E-state index contributed by atoms with van der Waals surface area (Å²) in [6.07, 6.45) is 4.48. The first-order valence-corrected chi connectivity index (χ1v) is 10.4. The van der Waals surface area contributed by atoms with Crippen LogP contribution in [0, 0.1) is 0 Å². The Bertz CT molecular complexity index is 1230. The molecule has 1 aliphatic rings. The number of benzene rings is 2. The average molecular weight is 370 g/mol. The molecule has 3 nitrogen and oxygen atoms in total. The van der Waals surface area contributed by atoms with Crippen molar-refractivity contribution in [1.29, 1.82) is 0 Å². The highest BCUT2D eigenvalue weighted by atomic mass is 16.1. The van der Waals surface area contributed by atoms with Crippen molar-refractivity contribution in [3.63, 3.8) is 0 Å². The maximum absolute atomic E-state index is 13.7. The summed E-state index contributed by atoms with van der Waals surface area (Å²) in [4.78, 5) is 13.7. The molecule has 142 valence electrons. The summed E-state index contributed by atoms with van der Waals surface area (Å²) in [6, 6.07) is 19.1. The van der Waals surface area contributed by atoms with Gasteiger partial charge >= 0.3 is 0 Å². The molecular weight excluding hydrogens is 344 g/mol. The topological polar surface area (TPSA) is 26.9 Å². The second kappa shape index (κ2) is 6.66. The van der Waals surface area contributed by atoms with E-state index < -0.39 is 0 Å². The molecule has 0 atom stereocenters. The second-order valence-corrected chi connectivity index (χ2v) is 8.01. The zero-order chi connectivity index (χ0) is 19.3. The quantitative estimate of drug-likeness (QED) is 0.434. The number of hydrogen-bond donors (Lipinski definition) is 0. The van der Waals surface area contributed by atoms with Gasteiger partial charge in [-0.05, 0) is 30.9 Å². The molecule has 3 heteroatoms. The van der Waals surface area contributed by atoms with Gasteiger partial charge in [0.25, 0.3) is 5.56 Å². The Balaban J connectivity index is 2.01. The van der Waals surface area contributed by atoms with Gasteiger partial charge in [0.2, 0.25) is 0 Å². The molecule has 0 N–H and O–H groups in total. The first-order chi connectivity index (χ1) is 13.7. The van der Waals surface area contributed by atoms with E-state index in [0.717, 1.165) is 35.8 Å².